The van der Waals surface area contributed by atoms with Crippen LogP contribution in [-0.2, 0) is 4.79 Å². The van der Waals surface area contributed by atoms with Gasteiger partial charge in [-0.2, -0.15) is 0 Å². The van der Waals surface area contributed by atoms with Crippen LogP contribution in [0.15, 0.2) is 0 Å². The third-order valence-corrected chi connectivity index (χ3v) is 3.32. The van der Waals surface area contributed by atoms with Gasteiger partial charge in [-0.05, 0) is 26.2 Å². The second kappa shape index (κ2) is 5.61. The van der Waals surface area contributed by atoms with Gasteiger partial charge in [-0.3, -0.25) is 15.1 Å². The third-order valence-electron chi connectivity index (χ3n) is 3.32. The molecule has 0 aromatic heterocycles. The van der Waals surface area contributed by atoms with Gasteiger partial charge in [-0.25, -0.2) is 5.84 Å². The van der Waals surface area contributed by atoms with E-state index in [1.165, 1.54) is 0 Å². The molecule has 94 valence electrons. The minimum Gasteiger partial charge on any atom is -0.390 e. The summed E-state index contributed by atoms with van der Waals surface area (Å²) in [6.07, 6.45) is 3.19. The Labute approximate surface area is 97.0 Å². The largest absolute Gasteiger partial charge is 0.390 e. The van der Waals surface area contributed by atoms with E-state index in [9.17, 15) is 9.90 Å². The minimum atomic E-state index is -0.577. The summed E-state index contributed by atoms with van der Waals surface area (Å²) in [7, 11) is 0. The number of piperidine rings is 1. The van der Waals surface area contributed by atoms with Gasteiger partial charge >= 0.3 is 0 Å². The lowest BCUT2D eigenvalue weighted by atomic mass is 9.92. The van der Waals surface area contributed by atoms with Crippen LogP contribution in [0.25, 0.3) is 0 Å². The van der Waals surface area contributed by atoms with Crippen molar-refractivity contribution in [3.8, 4) is 0 Å². The Kier molecular flexibility index (Phi) is 4.70. The summed E-state index contributed by atoms with van der Waals surface area (Å²) in [6, 6.07) is -0.147. The average molecular weight is 229 g/mol. The summed E-state index contributed by atoms with van der Waals surface area (Å²) in [6.45, 7) is 5.41. The number of nitrogens with zero attached hydrogens (tertiary/aromatic N) is 1. The molecule has 0 saturated carbocycles. The minimum absolute atomic E-state index is 0.122. The lowest BCUT2D eigenvalue weighted by molar-refractivity contribution is -0.128. The molecule has 0 radical (unpaired) electrons. The number of nitrogens with two attached hydrogens (primary N) is 1. The fourth-order valence-electron chi connectivity index (χ4n) is 2.17. The van der Waals surface area contributed by atoms with Crippen LogP contribution >= 0.6 is 0 Å². The Bertz CT molecular complexity index is 233. The monoisotopic (exact) mass is 229 g/mol. The topological polar surface area (TPSA) is 78.6 Å². The summed E-state index contributed by atoms with van der Waals surface area (Å²) < 4.78 is 0. The van der Waals surface area contributed by atoms with Crippen molar-refractivity contribution in [1.29, 1.82) is 0 Å². The summed E-state index contributed by atoms with van der Waals surface area (Å²) in [5.74, 6) is 5.07. The van der Waals surface area contributed by atoms with Gasteiger partial charge in [-0.1, -0.05) is 13.3 Å². The molecule has 1 unspecified atom stereocenters. The number of hydrogen-bond acceptors (Lipinski definition) is 4. The van der Waals surface area contributed by atoms with E-state index in [0.717, 1.165) is 25.9 Å². The summed E-state index contributed by atoms with van der Waals surface area (Å²) in [5.41, 5.74) is 1.65. The summed E-state index contributed by atoms with van der Waals surface area (Å²) in [4.78, 5) is 13.7. The van der Waals surface area contributed by atoms with Crippen LogP contribution < -0.4 is 11.3 Å². The molecule has 1 fully saturated rings. The molecule has 1 rings (SSSR count). The fraction of sp³-hybridized carbons (Fsp3) is 0.909. The molecule has 1 saturated heterocycles. The number of nitrogens with one attached hydrogen (secondary N) is 1. The van der Waals surface area contributed by atoms with E-state index in [4.69, 9.17) is 5.84 Å². The van der Waals surface area contributed by atoms with Crippen LogP contribution in [0.4, 0.5) is 0 Å². The highest BCUT2D eigenvalue weighted by Gasteiger charge is 2.32. The molecular formula is C11H23N3O2. The van der Waals surface area contributed by atoms with Gasteiger partial charge in [0.2, 0.25) is 0 Å². The Morgan fingerprint density at radius 1 is 1.56 bits per heavy atom. The van der Waals surface area contributed by atoms with Crippen LogP contribution in [0.3, 0.4) is 0 Å². The number of carbonyl (C=O) groups is 1. The van der Waals surface area contributed by atoms with E-state index in [2.05, 4.69) is 17.2 Å². The molecule has 0 bridgehead atoms. The SMILES string of the molecule is CCCC(C(=O)NN)N1CCC(C)(O)CC1. The maximum Gasteiger partial charge on any atom is 0.251 e. The van der Waals surface area contributed by atoms with Crippen LogP contribution in [-0.4, -0.2) is 40.6 Å². The number of amides is 1. The number of carbonyl (C=O) groups excluding carboxylic acids is 1. The molecule has 0 aromatic rings. The Hall–Kier alpha value is -0.650. The highest BCUT2D eigenvalue weighted by Crippen LogP contribution is 2.23. The summed E-state index contributed by atoms with van der Waals surface area (Å²) >= 11 is 0. The fourth-order valence-corrected chi connectivity index (χ4v) is 2.17. The van der Waals surface area contributed by atoms with Gasteiger partial charge in [0, 0.05) is 13.1 Å². The van der Waals surface area contributed by atoms with Crippen LogP contribution in [0.2, 0.25) is 0 Å². The number of rotatable bonds is 4. The van der Waals surface area contributed by atoms with E-state index in [-0.39, 0.29) is 11.9 Å². The van der Waals surface area contributed by atoms with Crippen LogP contribution in [0.1, 0.15) is 39.5 Å². The maximum atomic E-state index is 11.6. The van der Waals surface area contributed by atoms with E-state index < -0.39 is 5.60 Å². The van der Waals surface area contributed by atoms with Crippen molar-refractivity contribution in [1.82, 2.24) is 10.3 Å². The standard InChI is InChI=1S/C11H23N3O2/c1-3-4-9(10(15)13-12)14-7-5-11(2,16)6-8-14/h9,16H,3-8,12H2,1-2H3,(H,13,15). The van der Waals surface area contributed by atoms with E-state index in [1.54, 1.807) is 0 Å². The predicted molar refractivity (Wildman–Crippen MR) is 62.5 cm³/mol. The molecule has 1 amide bonds. The molecule has 1 heterocycles. The molecule has 5 nitrogen and oxygen atoms in total. The number of hydrazine groups is 1. The molecule has 1 aliphatic heterocycles. The number of likely N-dealkylation sites (tertiary alicyclic amines) is 1. The molecule has 4 N–H and O–H groups in total. The summed E-state index contributed by atoms with van der Waals surface area (Å²) in [5, 5.41) is 9.85. The average Bonchev–Trinajstić information content (AvgIpc) is 2.25. The number of hydrogen-bond donors (Lipinski definition) is 3. The first-order valence-electron chi connectivity index (χ1n) is 5.97. The van der Waals surface area contributed by atoms with Gasteiger partial charge in [0.1, 0.15) is 0 Å². The Balaban J connectivity index is 2.56. The van der Waals surface area contributed by atoms with Crippen LogP contribution in [0, 0.1) is 0 Å². The molecule has 1 atom stereocenters. The maximum absolute atomic E-state index is 11.6. The quantitative estimate of drug-likeness (QED) is 0.360. The van der Waals surface area contributed by atoms with Gasteiger partial charge in [-0.15, -0.1) is 0 Å². The zero-order valence-electron chi connectivity index (χ0n) is 10.2. The normalized spacial score (nSPS) is 22.8. The molecule has 5 heteroatoms. The van der Waals surface area contributed by atoms with Gasteiger partial charge in [0.15, 0.2) is 0 Å². The van der Waals surface area contributed by atoms with Crippen molar-refractivity contribution in [3.63, 3.8) is 0 Å². The smallest absolute Gasteiger partial charge is 0.251 e. The Morgan fingerprint density at radius 2 is 2.12 bits per heavy atom. The second-order valence-corrected chi connectivity index (χ2v) is 4.85. The van der Waals surface area contributed by atoms with Crippen molar-refractivity contribution in [3.05, 3.63) is 0 Å². The van der Waals surface area contributed by atoms with E-state index >= 15 is 0 Å². The van der Waals surface area contributed by atoms with Gasteiger partial charge < -0.3 is 5.11 Å². The molecule has 16 heavy (non-hydrogen) atoms. The molecular weight excluding hydrogens is 206 g/mol. The van der Waals surface area contributed by atoms with Gasteiger partial charge in [0.25, 0.3) is 5.91 Å². The predicted octanol–water partition coefficient (Wildman–Crippen LogP) is -0.00820. The first-order valence-corrected chi connectivity index (χ1v) is 5.97. The molecule has 0 aliphatic carbocycles. The first kappa shape index (κ1) is 13.4. The molecule has 0 aromatic carbocycles. The first-order chi connectivity index (χ1) is 7.50. The van der Waals surface area contributed by atoms with Crippen molar-refractivity contribution in [2.75, 3.05) is 13.1 Å². The van der Waals surface area contributed by atoms with Gasteiger partial charge in [0.05, 0.1) is 11.6 Å². The third kappa shape index (κ3) is 3.43. The van der Waals surface area contributed by atoms with Crippen molar-refractivity contribution >= 4 is 5.91 Å². The second-order valence-electron chi connectivity index (χ2n) is 4.85. The highest BCUT2D eigenvalue weighted by molar-refractivity contribution is 5.81. The zero-order valence-corrected chi connectivity index (χ0v) is 10.2. The van der Waals surface area contributed by atoms with Crippen molar-refractivity contribution < 1.29 is 9.90 Å². The van der Waals surface area contributed by atoms with Crippen LogP contribution in [0.5, 0.6) is 0 Å². The van der Waals surface area contributed by atoms with Crippen molar-refractivity contribution in [2.45, 2.75) is 51.2 Å². The zero-order chi connectivity index (χ0) is 12.2. The Morgan fingerprint density at radius 3 is 2.56 bits per heavy atom. The molecule has 0 spiro atoms. The molecule has 1 aliphatic rings. The lowest BCUT2D eigenvalue weighted by Crippen LogP contribution is -2.53. The number of aliphatic hydroxyl groups is 1. The van der Waals surface area contributed by atoms with E-state index in [0.29, 0.717) is 12.8 Å². The van der Waals surface area contributed by atoms with Crippen molar-refractivity contribution in [2.24, 2.45) is 5.84 Å². The highest BCUT2D eigenvalue weighted by atomic mass is 16.3. The lowest BCUT2D eigenvalue weighted by Gasteiger charge is -2.39. The van der Waals surface area contributed by atoms with E-state index in [1.807, 2.05) is 6.92 Å².